The number of rotatable bonds is 7. The second-order valence-corrected chi connectivity index (χ2v) is 5.04. The summed E-state index contributed by atoms with van der Waals surface area (Å²) in [6.45, 7) is 1.66. The molecule has 0 bridgehead atoms. The number of nitrogens with two attached hydrogens (primary N) is 1. The predicted octanol–water partition coefficient (Wildman–Crippen LogP) is 1.70. The number of anilines is 1. The SMILES string of the molecule is CN(C)CCCCNC(=O)c1cc(Cl)ccc1NN. The highest BCUT2D eigenvalue weighted by Gasteiger charge is 2.10. The Hall–Kier alpha value is -1.30. The van der Waals surface area contributed by atoms with Crippen molar-refractivity contribution in [2.45, 2.75) is 12.8 Å². The molecule has 0 spiro atoms. The molecule has 106 valence electrons. The van der Waals surface area contributed by atoms with Crippen molar-refractivity contribution in [1.82, 2.24) is 10.2 Å². The van der Waals surface area contributed by atoms with Gasteiger partial charge in [-0.3, -0.25) is 10.6 Å². The molecule has 19 heavy (non-hydrogen) atoms. The van der Waals surface area contributed by atoms with Crippen LogP contribution in [0.4, 0.5) is 5.69 Å². The molecule has 0 aliphatic heterocycles. The van der Waals surface area contributed by atoms with Crippen molar-refractivity contribution in [2.75, 3.05) is 32.6 Å². The van der Waals surface area contributed by atoms with Gasteiger partial charge < -0.3 is 15.6 Å². The first-order valence-electron chi connectivity index (χ1n) is 6.23. The Bertz CT molecular complexity index is 423. The Kier molecular flexibility index (Phi) is 6.62. The highest BCUT2D eigenvalue weighted by Crippen LogP contribution is 2.19. The first kappa shape index (κ1) is 15.8. The van der Waals surface area contributed by atoms with Gasteiger partial charge in [-0.15, -0.1) is 0 Å². The van der Waals surface area contributed by atoms with Gasteiger partial charge in [0.25, 0.3) is 5.91 Å². The summed E-state index contributed by atoms with van der Waals surface area (Å²) in [4.78, 5) is 14.1. The maximum atomic E-state index is 12.0. The third kappa shape index (κ3) is 5.46. The molecule has 0 unspecified atom stereocenters. The van der Waals surface area contributed by atoms with Crippen LogP contribution in [0.3, 0.4) is 0 Å². The molecule has 0 aliphatic carbocycles. The molecule has 1 aromatic rings. The number of halogens is 1. The van der Waals surface area contributed by atoms with E-state index in [1.165, 1.54) is 0 Å². The van der Waals surface area contributed by atoms with Gasteiger partial charge in [0.15, 0.2) is 0 Å². The van der Waals surface area contributed by atoms with E-state index in [0.717, 1.165) is 19.4 Å². The van der Waals surface area contributed by atoms with Crippen LogP contribution in [0.5, 0.6) is 0 Å². The number of unbranched alkanes of at least 4 members (excludes halogenated alkanes) is 1. The fraction of sp³-hybridized carbons (Fsp3) is 0.462. The number of carbonyl (C=O) groups is 1. The molecule has 0 fully saturated rings. The maximum Gasteiger partial charge on any atom is 0.253 e. The number of hydrazine groups is 1. The van der Waals surface area contributed by atoms with Crippen molar-refractivity contribution in [3.8, 4) is 0 Å². The molecule has 0 saturated carbocycles. The topological polar surface area (TPSA) is 70.4 Å². The largest absolute Gasteiger partial charge is 0.352 e. The molecule has 5 nitrogen and oxygen atoms in total. The average Bonchev–Trinajstić information content (AvgIpc) is 2.37. The first-order chi connectivity index (χ1) is 9.04. The second kappa shape index (κ2) is 7.99. The van der Waals surface area contributed by atoms with E-state index in [1.54, 1.807) is 18.2 Å². The van der Waals surface area contributed by atoms with Gasteiger partial charge in [-0.05, 0) is 51.7 Å². The quantitative estimate of drug-likeness (QED) is 0.405. The van der Waals surface area contributed by atoms with Crippen molar-refractivity contribution >= 4 is 23.2 Å². The molecule has 6 heteroatoms. The van der Waals surface area contributed by atoms with Gasteiger partial charge in [-0.2, -0.15) is 0 Å². The fourth-order valence-electron chi connectivity index (χ4n) is 1.68. The molecule has 1 aromatic carbocycles. The Labute approximate surface area is 119 Å². The molecule has 0 atom stereocenters. The zero-order valence-electron chi connectivity index (χ0n) is 11.4. The third-order valence-electron chi connectivity index (χ3n) is 2.70. The van der Waals surface area contributed by atoms with E-state index >= 15 is 0 Å². The van der Waals surface area contributed by atoms with Crippen LogP contribution in [0.25, 0.3) is 0 Å². The predicted molar refractivity (Wildman–Crippen MR) is 79.4 cm³/mol. The number of nitrogens with one attached hydrogen (secondary N) is 2. The number of nitrogen functional groups attached to an aromatic ring is 1. The standard InChI is InChI=1S/C13H21ClN4O/c1-18(2)8-4-3-7-16-13(19)11-9-10(14)5-6-12(11)17-15/h5-6,9,17H,3-4,7-8,15H2,1-2H3,(H,16,19). The lowest BCUT2D eigenvalue weighted by molar-refractivity contribution is 0.0953. The summed E-state index contributed by atoms with van der Waals surface area (Å²) in [5.41, 5.74) is 3.52. The number of hydrogen-bond donors (Lipinski definition) is 3. The van der Waals surface area contributed by atoms with E-state index in [-0.39, 0.29) is 5.91 Å². The molecule has 0 saturated heterocycles. The van der Waals surface area contributed by atoms with Crippen LogP contribution in [0.2, 0.25) is 5.02 Å². The zero-order chi connectivity index (χ0) is 14.3. The minimum absolute atomic E-state index is 0.166. The summed E-state index contributed by atoms with van der Waals surface area (Å²) >= 11 is 5.88. The molecule has 0 radical (unpaired) electrons. The number of amides is 1. The second-order valence-electron chi connectivity index (χ2n) is 4.60. The first-order valence-corrected chi connectivity index (χ1v) is 6.61. The van der Waals surface area contributed by atoms with Gasteiger partial charge in [0, 0.05) is 11.6 Å². The summed E-state index contributed by atoms with van der Waals surface area (Å²) < 4.78 is 0. The van der Waals surface area contributed by atoms with Crippen LogP contribution in [0.1, 0.15) is 23.2 Å². The monoisotopic (exact) mass is 284 g/mol. The smallest absolute Gasteiger partial charge is 0.253 e. The highest BCUT2D eigenvalue weighted by atomic mass is 35.5. The Morgan fingerprint density at radius 1 is 1.37 bits per heavy atom. The van der Waals surface area contributed by atoms with Crippen LogP contribution in [-0.2, 0) is 0 Å². The summed E-state index contributed by atoms with van der Waals surface area (Å²) in [5, 5.41) is 3.37. The van der Waals surface area contributed by atoms with E-state index in [2.05, 4.69) is 15.6 Å². The van der Waals surface area contributed by atoms with Crippen molar-refractivity contribution in [1.29, 1.82) is 0 Å². The highest BCUT2D eigenvalue weighted by molar-refractivity contribution is 6.31. The summed E-state index contributed by atoms with van der Waals surface area (Å²) in [6, 6.07) is 4.97. The van der Waals surface area contributed by atoms with E-state index in [4.69, 9.17) is 17.4 Å². The number of benzene rings is 1. The lowest BCUT2D eigenvalue weighted by Crippen LogP contribution is -2.26. The number of carbonyl (C=O) groups excluding carboxylic acids is 1. The summed E-state index contributed by atoms with van der Waals surface area (Å²) in [5.74, 6) is 5.20. The van der Waals surface area contributed by atoms with Crippen molar-refractivity contribution < 1.29 is 4.79 Å². The third-order valence-corrected chi connectivity index (χ3v) is 2.93. The maximum absolute atomic E-state index is 12.0. The van der Waals surface area contributed by atoms with Crippen LogP contribution in [0, 0.1) is 0 Å². The van der Waals surface area contributed by atoms with Crippen molar-refractivity contribution in [3.05, 3.63) is 28.8 Å². The minimum Gasteiger partial charge on any atom is -0.352 e. The van der Waals surface area contributed by atoms with Crippen LogP contribution >= 0.6 is 11.6 Å². The summed E-state index contributed by atoms with van der Waals surface area (Å²) in [7, 11) is 4.06. The lowest BCUT2D eigenvalue weighted by Gasteiger charge is -2.11. The Balaban J connectivity index is 2.47. The van der Waals surface area contributed by atoms with Gasteiger partial charge in [-0.1, -0.05) is 11.6 Å². The van der Waals surface area contributed by atoms with Gasteiger partial charge in [0.1, 0.15) is 0 Å². The fourth-order valence-corrected chi connectivity index (χ4v) is 1.85. The number of hydrogen-bond acceptors (Lipinski definition) is 4. The molecule has 1 amide bonds. The average molecular weight is 285 g/mol. The summed E-state index contributed by atoms with van der Waals surface area (Å²) in [6.07, 6.45) is 1.99. The van der Waals surface area contributed by atoms with E-state index in [1.807, 2.05) is 14.1 Å². The zero-order valence-corrected chi connectivity index (χ0v) is 12.1. The van der Waals surface area contributed by atoms with Crippen LogP contribution < -0.4 is 16.6 Å². The van der Waals surface area contributed by atoms with E-state index in [9.17, 15) is 4.79 Å². The van der Waals surface area contributed by atoms with Gasteiger partial charge in [0.2, 0.25) is 0 Å². The molecule has 4 N–H and O–H groups in total. The van der Waals surface area contributed by atoms with Gasteiger partial charge >= 0.3 is 0 Å². The Morgan fingerprint density at radius 3 is 2.74 bits per heavy atom. The molecule has 0 aliphatic rings. The van der Waals surface area contributed by atoms with E-state index in [0.29, 0.717) is 22.8 Å². The molecular weight excluding hydrogens is 264 g/mol. The minimum atomic E-state index is -0.166. The van der Waals surface area contributed by atoms with Crippen LogP contribution in [-0.4, -0.2) is 38.0 Å². The number of nitrogens with zero attached hydrogens (tertiary/aromatic N) is 1. The van der Waals surface area contributed by atoms with Gasteiger partial charge in [-0.25, -0.2) is 0 Å². The Morgan fingerprint density at radius 2 is 2.11 bits per heavy atom. The molecule has 0 heterocycles. The molecular formula is C13H21ClN4O. The molecule has 0 aromatic heterocycles. The van der Waals surface area contributed by atoms with Crippen molar-refractivity contribution in [2.24, 2.45) is 5.84 Å². The van der Waals surface area contributed by atoms with E-state index < -0.39 is 0 Å². The van der Waals surface area contributed by atoms with Crippen molar-refractivity contribution in [3.63, 3.8) is 0 Å². The van der Waals surface area contributed by atoms with Crippen LogP contribution in [0.15, 0.2) is 18.2 Å². The lowest BCUT2D eigenvalue weighted by atomic mass is 10.1. The molecule has 1 rings (SSSR count). The normalized spacial score (nSPS) is 10.6. The van der Waals surface area contributed by atoms with Gasteiger partial charge in [0.05, 0.1) is 11.3 Å².